The van der Waals surface area contributed by atoms with Crippen LogP contribution in [0.4, 0.5) is 0 Å². The molecule has 0 spiro atoms. The van der Waals surface area contributed by atoms with Crippen LogP contribution < -0.4 is 5.32 Å². The van der Waals surface area contributed by atoms with Gasteiger partial charge in [-0.3, -0.25) is 0 Å². The largest absolute Gasteiger partial charge is 0.384 e. The van der Waals surface area contributed by atoms with Gasteiger partial charge in [-0.2, -0.15) is 10.9 Å². The Morgan fingerprint density at radius 2 is 2.09 bits per heavy atom. The summed E-state index contributed by atoms with van der Waals surface area (Å²) in [5, 5.41) is 16.8. The van der Waals surface area contributed by atoms with Gasteiger partial charge in [0.2, 0.25) is 0 Å². The molecule has 1 rings (SSSR count). The van der Waals surface area contributed by atoms with E-state index < -0.39 is 0 Å². The van der Waals surface area contributed by atoms with Gasteiger partial charge in [0.1, 0.15) is 0 Å². The molecule has 1 atom stereocenters. The molecule has 0 fully saturated rings. The predicted octanol–water partition coefficient (Wildman–Crippen LogP) is 0.957. The van der Waals surface area contributed by atoms with Crippen LogP contribution in [0.5, 0.6) is 0 Å². The minimum absolute atomic E-state index is 0.160. The van der Waals surface area contributed by atoms with Gasteiger partial charge in [-0.15, -0.1) is 0 Å². The van der Waals surface area contributed by atoms with Gasteiger partial charge in [-0.1, -0.05) is 12.2 Å². The Morgan fingerprint density at radius 1 is 1.45 bits per heavy atom. The molecule has 1 aliphatic rings. The molecule has 0 radical (unpaired) electrons. The molecule has 1 aliphatic heterocycles. The van der Waals surface area contributed by atoms with E-state index in [1.54, 1.807) is 0 Å². The lowest BCUT2D eigenvalue weighted by molar-refractivity contribution is 0.252. The van der Waals surface area contributed by atoms with Crippen molar-refractivity contribution >= 4 is 10.9 Å². The van der Waals surface area contributed by atoms with E-state index in [0.29, 0.717) is 0 Å². The van der Waals surface area contributed by atoms with Crippen molar-refractivity contribution < 1.29 is 5.11 Å². The fraction of sp³-hybridized carbons (Fsp3) is 0.500. The van der Waals surface area contributed by atoms with Crippen molar-refractivity contribution in [2.24, 2.45) is 0 Å². The Balaban J connectivity index is 2.24. The first-order valence-electron chi connectivity index (χ1n) is 3.79. The van der Waals surface area contributed by atoms with E-state index in [0.717, 1.165) is 13.0 Å². The second kappa shape index (κ2) is 4.59. The fourth-order valence-corrected chi connectivity index (χ4v) is 2.49. The zero-order valence-corrected chi connectivity index (χ0v) is 7.59. The molecule has 3 heteroatoms. The zero-order valence-electron chi connectivity index (χ0n) is 6.70. The molecule has 0 saturated heterocycles. The molecule has 2 nitrogen and oxygen atoms in total. The van der Waals surface area contributed by atoms with Crippen LogP contribution in [0.25, 0.3) is 0 Å². The first kappa shape index (κ1) is 8.84. The number of nitrogens with one attached hydrogen (secondary N) is 1. The van der Waals surface area contributed by atoms with Gasteiger partial charge in [0, 0.05) is 0 Å². The van der Waals surface area contributed by atoms with E-state index in [2.05, 4.69) is 16.1 Å². The number of rotatable bonds is 4. The lowest BCUT2D eigenvalue weighted by atomic mass is 10.4. The van der Waals surface area contributed by atoms with Gasteiger partial charge in [0.05, 0.1) is 5.44 Å². The molecule has 0 amide bonds. The quantitative estimate of drug-likeness (QED) is 0.553. The van der Waals surface area contributed by atoms with Gasteiger partial charge in [-0.25, -0.2) is 0 Å². The highest BCUT2D eigenvalue weighted by molar-refractivity contribution is 8.22. The predicted molar refractivity (Wildman–Crippen MR) is 51.8 cm³/mol. The first-order valence-corrected chi connectivity index (χ1v) is 5.34. The highest BCUT2D eigenvalue weighted by atomic mass is 32.2. The standard InChI is InChI=1S/C8H15NOS/c1-9-5-4-8(10)11-6-2-3-7-11/h2-3,6-11H,4-5H2,1H3. The monoisotopic (exact) mass is 173 g/mol. The third-order valence-corrected chi connectivity index (χ3v) is 3.60. The van der Waals surface area contributed by atoms with Crippen molar-refractivity contribution in [2.75, 3.05) is 13.6 Å². The van der Waals surface area contributed by atoms with Crippen LogP contribution in [0.3, 0.4) is 0 Å². The number of aliphatic hydroxyl groups is 1. The molecule has 1 unspecified atom stereocenters. The normalized spacial score (nSPS) is 21.1. The summed E-state index contributed by atoms with van der Waals surface area (Å²) in [6, 6.07) is 0. The summed E-state index contributed by atoms with van der Waals surface area (Å²) in [5.74, 6) is 0. The molecule has 0 saturated carbocycles. The summed E-state index contributed by atoms with van der Waals surface area (Å²) < 4.78 is 0. The minimum atomic E-state index is -0.363. The highest BCUT2D eigenvalue weighted by Crippen LogP contribution is 2.37. The van der Waals surface area contributed by atoms with Crippen LogP contribution >= 0.6 is 10.9 Å². The topological polar surface area (TPSA) is 32.3 Å². The van der Waals surface area contributed by atoms with E-state index in [1.807, 2.05) is 19.2 Å². The van der Waals surface area contributed by atoms with Gasteiger partial charge in [0.25, 0.3) is 0 Å². The average molecular weight is 173 g/mol. The Kier molecular flexibility index (Phi) is 3.69. The smallest absolute Gasteiger partial charge is 0.0895 e. The first-order chi connectivity index (χ1) is 5.34. The summed E-state index contributed by atoms with van der Waals surface area (Å²) in [6.45, 7) is 0.891. The van der Waals surface area contributed by atoms with E-state index >= 15 is 0 Å². The maximum atomic E-state index is 9.57. The van der Waals surface area contributed by atoms with Crippen LogP contribution in [0.1, 0.15) is 6.42 Å². The van der Waals surface area contributed by atoms with Crippen molar-refractivity contribution in [1.82, 2.24) is 5.32 Å². The Labute approximate surface area is 70.3 Å². The van der Waals surface area contributed by atoms with Crippen LogP contribution in [-0.4, -0.2) is 24.1 Å². The third-order valence-electron chi connectivity index (χ3n) is 1.62. The summed E-state index contributed by atoms with van der Waals surface area (Å²) in [6.07, 6.45) is 4.86. The molecule has 2 N–H and O–H groups in total. The number of thiol groups is 1. The minimum Gasteiger partial charge on any atom is -0.384 e. The van der Waals surface area contributed by atoms with Gasteiger partial charge >= 0.3 is 0 Å². The molecule has 0 aromatic carbocycles. The Bertz CT molecular complexity index is 155. The molecule has 64 valence electrons. The van der Waals surface area contributed by atoms with Crippen LogP contribution in [-0.2, 0) is 0 Å². The van der Waals surface area contributed by atoms with Crippen molar-refractivity contribution in [3.63, 3.8) is 0 Å². The summed E-state index contributed by atoms with van der Waals surface area (Å²) in [5.41, 5.74) is -0.160. The number of aliphatic hydroxyl groups excluding tert-OH is 1. The molecule has 0 aromatic heterocycles. The van der Waals surface area contributed by atoms with Gasteiger partial charge < -0.3 is 10.4 Å². The highest BCUT2D eigenvalue weighted by Gasteiger charge is 2.09. The second-order valence-corrected chi connectivity index (χ2v) is 4.59. The van der Waals surface area contributed by atoms with Crippen molar-refractivity contribution in [3.8, 4) is 0 Å². The number of hydrogen-bond donors (Lipinski definition) is 3. The summed E-state index contributed by atoms with van der Waals surface area (Å²) in [7, 11) is 1.54. The Morgan fingerprint density at radius 3 is 2.64 bits per heavy atom. The maximum absolute atomic E-state index is 9.57. The van der Waals surface area contributed by atoms with E-state index in [9.17, 15) is 5.11 Å². The molecular formula is C8H15NOS. The second-order valence-electron chi connectivity index (χ2n) is 2.50. The number of hydrogen-bond acceptors (Lipinski definition) is 2. The van der Waals surface area contributed by atoms with E-state index in [1.165, 1.54) is 0 Å². The molecular weight excluding hydrogens is 158 g/mol. The molecule has 0 bridgehead atoms. The van der Waals surface area contributed by atoms with E-state index in [-0.39, 0.29) is 16.3 Å². The summed E-state index contributed by atoms with van der Waals surface area (Å²) >= 11 is 0. The van der Waals surface area contributed by atoms with Gasteiger partial charge in [-0.05, 0) is 30.8 Å². The Hall–Kier alpha value is -0.250. The average Bonchev–Trinajstić information content (AvgIpc) is 2.52. The lowest BCUT2D eigenvalue weighted by Gasteiger charge is -2.17. The number of allylic oxidation sites excluding steroid dienone is 2. The maximum Gasteiger partial charge on any atom is 0.0895 e. The van der Waals surface area contributed by atoms with E-state index in [4.69, 9.17) is 0 Å². The molecule has 1 heterocycles. The molecule has 0 aliphatic carbocycles. The van der Waals surface area contributed by atoms with Crippen LogP contribution in [0, 0.1) is 0 Å². The van der Waals surface area contributed by atoms with Crippen molar-refractivity contribution in [2.45, 2.75) is 11.9 Å². The third kappa shape index (κ3) is 2.69. The van der Waals surface area contributed by atoms with Crippen molar-refractivity contribution in [3.05, 3.63) is 23.0 Å². The SMILES string of the molecule is CNCCC(O)[SH]1C=CC=C1. The van der Waals surface area contributed by atoms with Crippen LogP contribution in [0.2, 0.25) is 0 Å². The summed E-state index contributed by atoms with van der Waals surface area (Å²) in [4.78, 5) is 0. The lowest BCUT2D eigenvalue weighted by Crippen LogP contribution is -2.15. The molecule has 11 heavy (non-hydrogen) atoms. The fourth-order valence-electron chi connectivity index (χ4n) is 0.969. The van der Waals surface area contributed by atoms with Gasteiger partial charge in [0.15, 0.2) is 0 Å². The molecule has 0 aromatic rings. The zero-order chi connectivity index (χ0) is 8.10. The van der Waals surface area contributed by atoms with Crippen LogP contribution in [0.15, 0.2) is 23.0 Å². The van der Waals surface area contributed by atoms with Crippen molar-refractivity contribution in [1.29, 1.82) is 0 Å².